The fourth-order valence-corrected chi connectivity index (χ4v) is 4.14. The highest BCUT2D eigenvalue weighted by Crippen LogP contribution is 2.28. The average molecular weight is 491 g/mol. The summed E-state index contributed by atoms with van der Waals surface area (Å²) in [5, 5.41) is 0. The Balaban J connectivity index is 1.48. The van der Waals surface area contributed by atoms with Crippen LogP contribution in [0.5, 0.6) is 0 Å². The van der Waals surface area contributed by atoms with Gasteiger partial charge in [-0.05, 0) is 36.1 Å². The van der Waals surface area contributed by atoms with E-state index in [4.69, 9.17) is 20.9 Å². The highest BCUT2D eigenvalue weighted by molar-refractivity contribution is 6.09. The van der Waals surface area contributed by atoms with Crippen LogP contribution in [-0.4, -0.2) is 48.7 Å². The second-order valence-electron chi connectivity index (χ2n) is 8.53. The van der Waals surface area contributed by atoms with Crippen LogP contribution in [0.2, 0.25) is 0 Å². The van der Waals surface area contributed by atoms with Gasteiger partial charge in [-0.15, -0.1) is 0 Å². The maximum absolute atomic E-state index is 13.4. The van der Waals surface area contributed by atoms with Gasteiger partial charge in [0, 0.05) is 32.0 Å². The third kappa shape index (κ3) is 6.08. The third-order valence-electron chi connectivity index (χ3n) is 5.98. The van der Waals surface area contributed by atoms with Crippen molar-refractivity contribution >= 4 is 29.5 Å². The number of hydrogen-bond donors (Lipinski definition) is 2. The summed E-state index contributed by atoms with van der Waals surface area (Å²) in [5.41, 5.74) is 13.9. The van der Waals surface area contributed by atoms with Gasteiger partial charge >= 0.3 is 6.09 Å². The SMILES string of the molecule is CN1CCN(c2cccc(COC(CCCOC(N)=O)c3ccccc3)c2)C(=O)c2cnc(N)nc21. The van der Waals surface area contributed by atoms with Crippen molar-refractivity contribution in [2.75, 3.05) is 42.3 Å². The molecule has 0 bridgehead atoms. The number of primary amides is 1. The summed E-state index contributed by atoms with van der Waals surface area (Å²) in [6, 6.07) is 17.6. The molecule has 10 nitrogen and oxygen atoms in total. The van der Waals surface area contributed by atoms with E-state index in [0.717, 1.165) is 16.8 Å². The second kappa shape index (κ2) is 11.5. The molecule has 0 radical (unpaired) electrons. The van der Waals surface area contributed by atoms with E-state index in [2.05, 4.69) is 9.97 Å². The predicted octanol–water partition coefficient (Wildman–Crippen LogP) is 3.29. The van der Waals surface area contributed by atoms with Gasteiger partial charge in [-0.2, -0.15) is 4.98 Å². The van der Waals surface area contributed by atoms with E-state index in [9.17, 15) is 9.59 Å². The Labute approximate surface area is 209 Å². The van der Waals surface area contributed by atoms with Crippen LogP contribution in [0.25, 0.3) is 0 Å². The lowest BCUT2D eigenvalue weighted by Gasteiger charge is -2.22. The van der Waals surface area contributed by atoms with Crippen molar-refractivity contribution in [2.45, 2.75) is 25.6 Å². The zero-order valence-electron chi connectivity index (χ0n) is 20.2. The minimum Gasteiger partial charge on any atom is -0.450 e. The monoisotopic (exact) mass is 490 g/mol. The first kappa shape index (κ1) is 24.9. The lowest BCUT2D eigenvalue weighted by Crippen LogP contribution is -2.33. The van der Waals surface area contributed by atoms with E-state index in [1.54, 1.807) is 4.90 Å². The van der Waals surface area contributed by atoms with Crippen LogP contribution in [0.4, 0.5) is 22.2 Å². The number of ether oxygens (including phenoxy) is 2. The molecule has 0 saturated heterocycles. The van der Waals surface area contributed by atoms with E-state index in [0.29, 0.717) is 43.9 Å². The number of nitrogen functional groups attached to an aromatic ring is 1. The highest BCUT2D eigenvalue weighted by atomic mass is 16.5. The molecule has 1 aliphatic rings. The number of anilines is 3. The molecule has 3 aromatic rings. The maximum atomic E-state index is 13.4. The summed E-state index contributed by atoms with van der Waals surface area (Å²) in [7, 11) is 1.88. The van der Waals surface area contributed by atoms with E-state index < -0.39 is 6.09 Å². The summed E-state index contributed by atoms with van der Waals surface area (Å²) in [6.07, 6.45) is 1.79. The van der Waals surface area contributed by atoms with Crippen molar-refractivity contribution in [1.29, 1.82) is 0 Å². The van der Waals surface area contributed by atoms with E-state index >= 15 is 0 Å². The molecule has 0 aliphatic carbocycles. The number of carbonyl (C=O) groups is 2. The van der Waals surface area contributed by atoms with Crippen LogP contribution in [0.15, 0.2) is 60.8 Å². The minimum atomic E-state index is -0.782. The molecule has 10 heteroatoms. The summed E-state index contributed by atoms with van der Waals surface area (Å²) in [6.45, 7) is 1.67. The van der Waals surface area contributed by atoms with Crippen LogP contribution in [0.3, 0.4) is 0 Å². The van der Waals surface area contributed by atoms with Gasteiger partial charge in [0.05, 0.1) is 19.3 Å². The number of rotatable bonds is 9. The molecule has 1 aromatic heterocycles. The first-order valence-electron chi connectivity index (χ1n) is 11.8. The Morgan fingerprint density at radius 2 is 1.94 bits per heavy atom. The normalized spacial score (nSPS) is 14.2. The molecule has 1 aliphatic heterocycles. The number of amides is 2. The fourth-order valence-electron chi connectivity index (χ4n) is 4.14. The van der Waals surface area contributed by atoms with Crippen molar-refractivity contribution in [3.63, 3.8) is 0 Å². The molecule has 1 atom stereocenters. The Kier molecular flexibility index (Phi) is 7.96. The van der Waals surface area contributed by atoms with Crippen LogP contribution in [0, 0.1) is 0 Å². The molecule has 0 fully saturated rings. The molecule has 36 heavy (non-hydrogen) atoms. The van der Waals surface area contributed by atoms with Gasteiger partial charge in [-0.3, -0.25) is 4.79 Å². The summed E-state index contributed by atoms with van der Waals surface area (Å²) < 4.78 is 11.1. The number of likely N-dealkylation sites (N-methyl/N-ethyl adjacent to an activating group) is 1. The van der Waals surface area contributed by atoms with E-state index in [1.165, 1.54) is 6.20 Å². The first-order chi connectivity index (χ1) is 17.4. The largest absolute Gasteiger partial charge is 0.450 e. The second-order valence-corrected chi connectivity index (χ2v) is 8.53. The van der Waals surface area contributed by atoms with Crippen molar-refractivity contribution in [3.8, 4) is 0 Å². The van der Waals surface area contributed by atoms with Crippen molar-refractivity contribution in [3.05, 3.63) is 77.5 Å². The molecule has 0 spiro atoms. The van der Waals surface area contributed by atoms with Crippen molar-refractivity contribution in [2.24, 2.45) is 5.73 Å². The van der Waals surface area contributed by atoms with Crippen molar-refractivity contribution in [1.82, 2.24) is 9.97 Å². The van der Waals surface area contributed by atoms with Crippen LogP contribution >= 0.6 is 0 Å². The molecule has 2 aromatic carbocycles. The summed E-state index contributed by atoms with van der Waals surface area (Å²) in [4.78, 5) is 36.1. The molecular formula is C26H30N6O4. The fraction of sp³-hybridized carbons (Fsp3) is 0.308. The predicted molar refractivity (Wildman–Crippen MR) is 137 cm³/mol. The number of aromatic nitrogens is 2. The number of fused-ring (bicyclic) bond motifs is 1. The maximum Gasteiger partial charge on any atom is 0.404 e. The molecule has 1 unspecified atom stereocenters. The average Bonchev–Trinajstić information content (AvgIpc) is 3.00. The lowest BCUT2D eigenvalue weighted by atomic mass is 10.0. The van der Waals surface area contributed by atoms with Crippen LogP contribution in [-0.2, 0) is 16.1 Å². The topological polar surface area (TPSA) is 137 Å². The smallest absolute Gasteiger partial charge is 0.404 e. The molecule has 4 rings (SSSR count). The molecule has 188 valence electrons. The standard InChI is InChI=1S/C26H30N6O4/c1-31-12-13-32(24(33)21-16-29-25(27)30-23(21)31)20-10-5-7-18(15-20)17-36-22(11-6-14-35-26(28)34)19-8-3-2-4-9-19/h2-5,7-10,15-16,22H,6,11-14,17H2,1H3,(H2,28,34)(H2,27,29,30). The Morgan fingerprint density at radius 1 is 1.14 bits per heavy atom. The van der Waals surface area contributed by atoms with E-state index in [1.807, 2.05) is 66.5 Å². The molecule has 0 saturated carbocycles. The molecule has 2 heterocycles. The quantitative estimate of drug-likeness (QED) is 0.436. The van der Waals surface area contributed by atoms with Gasteiger partial charge < -0.3 is 30.7 Å². The minimum absolute atomic E-state index is 0.134. The van der Waals surface area contributed by atoms with Gasteiger partial charge in [0.25, 0.3) is 5.91 Å². The van der Waals surface area contributed by atoms with Gasteiger partial charge in [0.15, 0.2) is 0 Å². The Bertz CT molecular complexity index is 1210. The first-order valence-corrected chi connectivity index (χ1v) is 11.8. The number of benzene rings is 2. The summed E-state index contributed by atoms with van der Waals surface area (Å²) in [5.74, 6) is 0.486. The van der Waals surface area contributed by atoms with Crippen molar-refractivity contribution < 1.29 is 19.1 Å². The summed E-state index contributed by atoms with van der Waals surface area (Å²) >= 11 is 0. The van der Waals surface area contributed by atoms with Gasteiger partial charge in [0.1, 0.15) is 11.4 Å². The lowest BCUT2D eigenvalue weighted by molar-refractivity contribution is 0.0287. The van der Waals surface area contributed by atoms with E-state index in [-0.39, 0.29) is 24.6 Å². The highest BCUT2D eigenvalue weighted by Gasteiger charge is 2.28. The van der Waals surface area contributed by atoms with Gasteiger partial charge in [-0.1, -0.05) is 42.5 Å². The zero-order chi connectivity index (χ0) is 25.5. The number of nitrogens with two attached hydrogens (primary N) is 2. The van der Waals surface area contributed by atoms with Crippen LogP contribution < -0.4 is 21.3 Å². The number of hydrogen-bond acceptors (Lipinski definition) is 8. The molecule has 4 N–H and O–H groups in total. The Hall–Kier alpha value is -4.18. The Morgan fingerprint density at radius 3 is 2.72 bits per heavy atom. The molecule has 2 amide bonds. The van der Waals surface area contributed by atoms with Crippen LogP contribution in [0.1, 0.15) is 40.4 Å². The number of nitrogens with zero attached hydrogens (tertiary/aromatic N) is 4. The third-order valence-corrected chi connectivity index (χ3v) is 5.98. The zero-order valence-corrected chi connectivity index (χ0v) is 20.2. The van der Waals surface area contributed by atoms with Gasteiger partial charge in [-0.25, -0.2) is 9.78 Å². The number of carbonyl (C=O) groups excluding carboxylic acids is 2. The molecular weight excluding hydrogens is 460 g/mol. The van der Waals surface area contributed by atoms with Gasteiger partial charge in [0.2, 0.25) is 5.95 Å².